The number of ketones is 3. The summed E-state index contributed by atoms with van der Waals surface area (Å²) in [7, 11) is 0. The van der Waals surface area contributed by atoms with Crippen LogP contribution < -0.4 is 25.8 Å². The van der Waals surface area contributed by atoms with Gasteiger partial charge in [0.2, 0.25) is 5.91 Å². The summed E-state index contributed by atoms with van der Waals surface area (Å²) in [5.41, 5.74) is 7.28. The Bertz CT molecular complexity index is 2680. The predicted molar refractivity (Wildman–Crippen MR) is 237 cm³/mol. The number of nitrogens with zero attached hydrogens (tertiary/aromatic N) is 1. The lowest BCUT2D eigenvalue weighted by atomic mass is 9.95. The van der Waals surface area contributed by atoms with Crippen molar-refractivity contribution in [2.24, 2.45) is 5.73 Å². The number of nitriles is 1. The topological polar surface area (TPSA) is 273 Å². The quantitative estimate of drug-likeness (QED) is 0.0481. The lowest BCUT2D eigenvalue weighted by Gasteiger charge is -2.19. The van der Waals surface area contributed by atoms with Gasteiger partial charge in [-0.3, -0.25) is 28.8 Å². The van der Waals surface area contributed by atoms with E-state index in [1.807, 2.05) is 6.07 Å². The van der Waals surface area contributed by atoms with Crippen LogP contribution in [0.15, 0.2) is 97.1 Å². The van der Waals surface area contributed by atoms with Crippen LogP contribution in [0.5, 0.6) is 23.0 Å². The summed E-state index contributed by atoms with van der Waals surface area (Å²) in [6.45, 7) is 6.73. The Kier molecular flexibility index (Phi) is 15.5. The molecule has 0 unspecified atom stereocenters. The van der Waals surface area contributed by atoms with Gasteiger partial charge >= 0.3 is 5.97 Å². The van der Waals surface area contributed by atoms with E-state index in [1.54, 1.807) is 39.8 Å². The maximum atomic E-state index is 13.6. The largest absolute Gasteiger partial charge is 0.504 e. The van der Waals surface area contributed by atoms with E-state index < -0.39 is 82.8 Å². The maximum Gasteiger partial charge on any atom is 0.339 e. The van der Waals surface area contributed by atoms with Crippen LogP contribution in [0.3, 0.4) is 0 Å². The van der Waals surface area contributed by atoms with Crippen LogP contribution in [0.1, 0.15) is 108 Å². The average Bonchev–Trinajstić information content (AvgIpc) is 3.25. The van der Waals surface area contributed by atoms with Gasteiger partial charge in [-0.05, 0) is 93.9 Å². The third-order valence-corrected chi connectivity index (χ3v) is 9.80. The summed E-state index contributed by atoms with van der Waals surface area (Å²) in [5.74, 6) is -6.25. The number of carboxylic acid groups (broad SMARTS) is 1. The molecule has 5 aromatic rings. The molecule has 16 heteroatoms. The number of carbonyl (C=O) groups is 7. The predicted octanol–water partition coefficient (Wildman–Crippen LogP) is 6.13. The Morgan fingerprint density at radius 2 is 1.12 bits per heavy atom. The lowest BCUT2D eigenvalue weighted by molar-refractivity contribution is -0.125. The molecule has 5 rings (SSSR count). The standard InChI is InChI=1S/C49H46N4O12/c1-26(2)64-45-33(15-19-36(43(45)58)40(55)23-34-16-20-37(49(62)63)44(59)46(34)65-27(3)4)22-39(54)30-9-5-28(6-10-30)21-41(56)38(24-42(51)57)53-48(61)32-13-17-35(18-14-32)52-47(60)31-11-7-29(25-50)8-12-31/h5-20,26-27,38,58-59H,21-24H2,1-4H3,(H2,51,57)(H,52,60)(H,53,61)(H,62,63)/t38-/m0/s1. The van der Waals surface area contributed by atoms with Crippen LogP contribution in [0.4, 0.5) is 5.69 Å². The molecule has 0 fully saturated rings. The van der Waals surface area contributed by atoms with E-state index in [1.165, 1.54) is 78.9 Å². The molecule has 0 bridgehead atoms. The molecule has 0 radical (unpaired) electrons. The molecule has 0 saturated heterocycles. The van der Waals surface area contributed by atoms with Gasteiger partial charge in [0.15, 0.2) is 40.3 Å². The van der Waals surface area contributed by atoms with Gasteiger partial charge in [-0.1, -0.05) is 36.4 Å². The second-order valence-corrected chi connectivity index (χ2v) is 15.5. The molecule has 5 aromatic carbocycles. The normalized spacial score (nSPS) is 11.3. The highest BCUT2D eigenvalue weighted by atomic mass is 16.5. The number of Topliss-reactive ketones (excluding diaryl/α,β-unsaturated/α-hetero) is 3. The molecule has 0 aliphatic heterocycles. The van der Waals surface area contributed by atoms with Crippen LogP contribution in [0.25, 0.3) is 0 Å². The SMILES string of the molecule is CC(C)Oc1c(CC(=O)c2ccc(CC(=O)c3ccc(CC(=O)[C@H](CC(N)=O)NC(=O)c4ccc(NC(=O)c5ccc(C#N)cc5)cc4)cc3)c(OC(C)C)c2O)ccc(C(=O)O)c1O. The molecule has 0 aliphatic carbocycles. The van der Waals surface area contributed by atoms with Crippen molar-refractivity contribution in [3.05, 3.63) is 147 Å². The number of hydrogen-bond acceptors (Lipinski definition) is 12. The molecule has 7 N–H and O–H groups in total. The number of aromatic hydroxyl groups is 2. The first kappa shape index (κ1) is 47.7. The van der Waals surface area contributed by atoms with Crippen LogP contribution >= 0.6 is 0 Å². The Labute approximate surface area is 373 Å². The van der Waals surface area contributed by atoms with E-state index in [0.29, 0.717) is 22.4 Å². The molecule has 0 aromatic heterocycles. The smallest absolute Gasteiger partial charge is 0.339 e. The van der Waals surface area contributed by atoms with Crippen LogP contribution in [-0.2, 0) is 28.9 Å². The zero-order valence-corrected chi connectivity index (χ0v) is 35.8. The molecule has 3 amide bonds. The first-order valence-corrected chi connectivity index (χ1v) is 20.3. The minimum atomic E-state index is -1.39. The molecule has 334 valence electrons. The van der Waals surface area contributed by atoms with Gasteiger partial charge in [-0.25, -0.2) is 4.79 Å². The van der Waals surface area contributed by atoms with Crippen molar-refractivity contribution in [2.45, 2.75) is 71.6 Å². The van der Waals surface area contributed by atoms with Crippen LogP contribution in [-0.4, -0.2) is 74.6 Å². The molecule has 0 heterocycles. The zero-order valence-electron chi connectivity index (χ0n) is 35.8. The minimum Gasteiger partial charge on any atom is -0.504 e. The number of nitrogens with two attached hydrogens (primary N) is 1. The number of benzene rings is 5. The zero-order chi connectivity index (χ0) is 47.5. The molecule has 0 saturated carbocycles. The third kappa shape index (κ3) is 12.4. The second kappa shape index (κ2) is 21.2. The summed E-state index contributed by atoms with van der Waals surface area (Å²) in [6.07, 6.45) is -2.29. The molecule has 0 aliphatic rings. The Hall–Kier alpha value is -8.32. The summed E-state index contributed by atoms with van der Waals surface area (Å²) in [5, 5.41) is 45.7. The minimum absolute atomic E-state index is 0.0888. The number of phenols is 2. The average molecular weight is 883 g/mol. The van der Waals surface area contributed by atoms with Crippen LogP contribution in [0.2, 0.25) is 0 Å². The van der Waals surface area contributed by atoms with Crippen molar-refractivity contribution in [1.29, 1.82) is 5.26 Å². The van der Waals surface area contributed by atoms with Gasteiger partial charge in [-0.15, -0.1) is 0 Å². The fourth-order valence-corrected chi connectivity index (χ4v) is 6.60. The monoisotopic (exact) mass is 882 g/mol. The molecule has 1 atom stereocenters. The Morgan fingerprint density at radius 3 is 1.65 bits per heavy atom. The van der Waals surface area contributed by atoms with Gasteiger partial charge in [0.05, 0.1) is 41.9 Å². The molecule has 65 heavy (non-hydrogen) atoms. The molecular formula is C49H46N4O12. The fraction of sp³-hybridized carbons (Fsp3) is 0.224. The molecule has 16 nitrogen and oxygen atoms in total. The van der Waals surface area contributed by atoms with E-state index in [9.17, 15) is 48.9 Å². The fourth-order valence-electron chi connectivity index (χ4n) is 6.60. The van der Waals surface area contributed by atoms with Gasteiger partial charge in [0, 0.05) is 52.8 Å². The maximum absolute atomic E-state index is 13.6. The highest BCUT2D eigenvalue weighted by molar-refractivity contribution is 6.05. The number of phenolic OH excluding ortho intramolecular Hbond substituents is 1. The number of rotatable bonds is 20. The van der Waals surface area contributed by atoms with E-state index >= 15 is 0 Å². The first-order valence-electron chi connectivity index (χ1n) is 20.3. The Balaban J connectivity index is 1.25. The first-order chi connectivity index (χ1) is 30.8. The van der Waals surface area contributed by atoms with Crippen molar-refractivity contribution in [1.82, 2.24) is 5.32 Å². The van der Waals surface area contributed by atoms with Gasteiger partial charge < -0.3 is 41.2 Å². The number of anilines is 1. The van der Waals surface area contributed by atoms with E-state index in [2.05, 4.69) is 10.6 Å². The molecular weight excluding hydrogens is 837 g/mol. The third-order valence-electron chi connectivity index (χ3n) is 9.80. The number of carbonyl (C=O) groups excluding carboxylic acids is 6. The summed E-state index contributed by atoms with van der Waals surface area (Å²) in [6, 6.07) is 24.0. The van der Waals surface area contributed by atoms with Gasteiger partial charge in [-0.2, -0.15) is 5.26 Å². The van der Waals surface area contributed by atoms with E-state index in [-0.39, 0.29) is 58.6 Å². The molecule has 0 spiro atoms. The summed E-state index contributed by atoms with van der Waals surface area (Å²) in [4.78, 5) is 89.9. The van der Waals surface area contributed by atoms with Crippen LogP contribution in [0, 0.1) is 11.3 Å². The number of aromatic carboxylic acids is 1. The number of ether oxygens (including phenoxy) is 2. The van der Waals surface area contributed by atoms with E-state index in [0.717, 1.165) is 6.07 Å². The van der Waals surface area contributed by atoms with Crippen molar-refractivity contribution >= 4 is 46.7 Å². The van der Waals surface area contributed by atoms with E-state index in [4.69, 9.17) is 20.5 Å². The highest BCUT2D eigenvalue weighted by Gasteiger charge is 2.27. The lowest BCUT2D eigenvalue weighted by Crippen LogP contribution is -2.44. The highest BCUT2D eigenvalue weighted by Crippen LogP contribution is 2.39. The van der Waals surface area contributed by atoms with Crippen molar-refractivity contribution in [3.63, 3.8) is 0 Å². The number of hydrogen-bond donors (Lipinski definition) is 6. The second-order valence-electron chi connectivity index (χ2n) is 15.5. The van der Waals surface area contributed by atoms with Crippen molar-refractivity contribution in [2.75, 3.05) is 5.32 Å². The summed E-state index contributed by atoms with van der Waals surface area (Å²) < 4.78 is 11.6. The van der Waals surface area contributed by atoms with Gasteiger partial charge in [0.1, 0.15) is 5.56 Å². The number of nitrogens with one attached hydrogen (secondary N) is 2. The number of carboxylic acids is 1. The summed E-state index contributed by atoms with van der Waals surface area (Å²) >= 11 is 0. The van der Waals surface area contributed by atoms with Gasteiger partial charge in [0.25, 0.3) is 11.8 Å². The Morgan fingerprint density at radius 1 is 0.631 bits per heavy atom. The van der Waals surface area contributed by atoms with Crippen molar-refractivity contribution in [3.8, 4) is 29.1 Å². The number of amides is 3. The van der Waals surface area contributed by atoms with Crippen molar-refractivity contribution < 1.29 is 58.4 Å². The number of primary amides is 1.